The molecule has 0 aromatic heterocycles. The van der Waals surface area contributed by atoms with E-state index >= 15 is 0 Å². The van der Waals surface area contributed by atoms with Crippen molar-refractivity contribution in [2.24, 2.45) is 0 Å². The van der Waals surface area contributed by atoms with Crippen molar-refractivity contribution in [1.29, 1.82) is 0 Å². The Hall–Kier alpha value is -0.140. The third-order valence-corrected chi connectivity index (χ3v) is 2.37. The largest absolute Gasteiger partial charge is 2.00 e. The second-order valence-electron chi connectivity index (χ2n) is 4.14. The molecule has 1 radical (unpaired) electrons. The maximum absolute atomic E-state index is 3.28. The van der Waals surface area contributed by atoms with Crippen molar-refractivity contribution < 1.29 is 26.2 Å². The SMILES string of the molecule is C[SiH]C.Cl.Cl.[C-]1=C(c2ccccc2)C=CC1.[C-]1=CC=CC1.[Zr+2]. The van der Waals surface area contributed by atoms with Gasteiger partial charge in [0.15, 0.2) is 0 Å². The van der Waals surface area contributed by atoms with Gasteiger partial charge in [-0.1, -0.05) is 37.7 Å². The molecule has 117 valence electrons. The molecule has 0 N–H and O–H groups in total. The molecule has 0 atom stereocenters. The second kappa shape index (κ2) is 18.9. The van der Waals surface area contributed by atoms with Gasteiger partial charge >= 0.3 is 26.2 Å². The van der Waals surface area contributed by atoms with Crippen molar-refractivity contribution in [3.05, 3.63) is 78.4 Å². The van der Waals surface area contributed by atoms with E-state index in [2.05, 4.69) is 67.7 Å². The first kappa shape index (κ1) is 26.7. The molecule has 4 heteroatoms. The minimum atomic E-state index is 0. The Labute approximate surface area is 169 Å². The molecule has 0 amide bonds. The predicted molar refractivity (Wildman–Crippen MR) is 102 cm³/mol. The van der Waals surface area contributed by atoms with Crippen LogP contribution in [0.2, 0.25) is 13.1 Å². The van der Waals surface area contributed by atoms with Gasteiger partial charge in [0, 0.05) is 9.52 Å². The van der Waals surface area contributed by atoms with Crippen LogP contribution in [0.4, 0.5) is 0 Å². The minimum Gasteiger partial charge on any atom is -0.273 e. The first-order valence-corrected chi connectivity index (χ1v) is 8.98. The van der Waals surface area contributed by atoms with Crippen LogP contribution < -0.4 is 0 Å². The second-order valence-corrected chi connectivity index (χ2v) is 5.30. The van der Waals surface area contributed by atoms with Crippen LogP contribution in [0.1, 0.15) is 18.4 Å². The van der Waals surface area contributed by atoms with Gasteiger partial charge in [-0.3, -0.25) is 6.08 Å². The van der Waals surface area contributed by atoms with E-state index in [1.807, 2.05) is 18.2 Å². The van der Waals surface area contributed by atoms with Crippen LogP contribution in [-0.2, 0) is 26.2 Å². The van der Waals surface area contributed by atoms with Crippen LogP contribution in [0.5, 0.6) is 0 Å². The standard InChI is InChI=1S/C11H9.C5H5.C2H7Si.2ClH.Zr/c1-2-6-10(7-3-1)11-8-4-5-9-11;1-2-4-5-3-1;1-3-2;;;/h1-4,6-8H,5H2;1-3H,4H2;3H,1-2H3;2*1H;/q2*-1;;;;+2. The Kier molecular flexibility index (Phi) is 23.0. The van der Waals surface area contributed by atoms with Gasteiger partial charge in [-0.15, -0.1) is 55.0 Å². The van der Waals surface area contributed by atoms with Gasteiger partial charge in [0.1, 0.15) is 0 Å². The van der Waals surface area contributed by atoms with Gasteiger partial charge < -0.3 is 0 Å². The fourth-order valence-electron chi connectivity index (χ4n) is 1.56. The normalized spacial score (nSPS) is 12.4. The predicted octanol–water partition coefficient (Wildman–Crippen LogP) is 5.50. The molecule has 0 unspecified atom stereocenters. The van der Waals surface area contributed by atoms with E-state index < -0.39 is 0 Å². The average Bonchev–Trinajstić information content (AvgIpc) is 3.17. The zero-order valence-corrected chi connectivity index (χ0v) is 18.3. The molecule has 0 bridgehead atoms. The van der Waals surface area contributed by atoms with Crippen LogP contribution in [0.25, 0.3) is 5.57 Å². The third kappa shape index (κ3) is 12.4. The van der Waals surface area contributed by atoms with Crippen LogP contribution in [-0.4, -0.2) is 9.52 Å². The van der Waals surface area contributed by atoms with Gasteiger partial charge in [0.25, 0.3) is 0 Å². The van der Waals surface area contributed by atoms with Crippen molar-refractivity contribution >= 4 is 39.9 Å². The molecule has 0 saturated carbocycles. The van der Waals surface area contributed by atoms with Gasteiger partial charge in [-0.05, 0) is 0 Å². The molecule has 2 aliphatic rings. The summed E-state index contributed by atoms with van der Waals surface area (Å²) in [4.78, 5) is 0. The fourth-order valence-corrected chi connectivity index (χ4v) is 1.56. The number of hydrogen-bond donors (Lipinski definition) is 0. The summed E-state index contributed by atoms with van der Waals surface area (Å²) in [6.07, 6.45) is 18.5. The quantitative estimate of drug-likeness (QED) is 0.409. The van der Waals surface area contributed by atoms with Crippen molar-refractivity contribution in [1.82, 2.24) is 0 Å². The first-order chi connectivity index (χ1) is 9.38. The van der Waals surface area contributed by atoms with Gasteiger partial charge in [0.2, 0.25) is 0 Å². The third-order valence-electron chi connectivity index (χ3n) is 2.37. The molecular weight excluding hydrogens is 406 g/mol. The minimum absolute atomic E-state index is 0. The Bertz CT molecular complexity index is 455. The van der Waals surface area contributed by atoms with Crippen LogP contribution in [0, 0.1) is 12.2 Å². The molecule has 0 spiro atoms. The Balaban J connectivity index is -0.000000283. The Morgan fingerprint density at radius 2 is 1.59 bits per heavy atom. The molecule has 22 heavy (non-hydrogen) atoms. The van der Waals surface area contributed by atoms with E-state index in [0.29, 0.717) is 0 Å². The summed E-state index contributed by atoms with van der Waals surface area (Å²) in [6, 6.07) is 10.4. The molecule has 0 nitrogen and oxygen atoms in total. The fraction of sp³-hybridized carbons (Fsp3) is 0.222. The van der Waals surface area contributed by atoms with E-state index in [1.165, 1.54) is 11.1 Å². The molecule has 2 aliphatic carbocycles. The maximum atomic E-state index is 3.28. The Morgan fingerprint density at radius 1 is 0.955 bits per heavy atom. The number of hydrogen-bond acceptors (Lipinski definition) is 0. The number of benzene rings is 1. The molecule has 1 aromatic carbocycles. The summed E-state index contributed by atoms with van der Waals surface area (Å²) in [5, 5.41) is 0. The van der Waals surface area contributed by atoms with Gasteiger partial charge in [-0.2, -0.15) is 23.8 Å². The molecule has 0 heterocycles. The Morgan fingerprint density at radius 3 is 1.95 bits per heavy atom. The summed E-state index contributed by atoms with van der Waals surface area (Å²) >= 11 is 0. The molecule has 3 rings (SSSR count). The van der Waals surface area contributed by atoms with E-state index in [9.17, 15) is 0 Å². The van der Waals surface area contributed by atoms with Crippen molar-refractivity contribution in [3.8, 4) is 0 Å². The van der Waals surface area contributed by atoms with Crippen LogP contribution in [0.3, 0.4) is 0 Å². The molecule has 1 aromatic rings. The average molecular weight is 430 g/mol. The van der Waals surface area contributed by atoms with Crippen molar-refractivity contribution in [3.63, 3.8) is 0 Å². The van der Waals surface area contributed by atoms with Crippen molar-refractivity contribution in [2.75, 3.05) is 0 Å². The molecular formula is C18H23Cl2SiZr. The van der Waals surface area contributed by atoms with Gasteiger partial charge in [-0.25, -0.2) is 12.2 Å². The zero-order valence-electron chi connectivity index (χ0n) is 13.1. The topological polar surface area (TPSA) is 0 Å². The molecule has 0 fully saturated rings. The number of rotatable bonds is 1. The molecule has 0 aliphatic heterocycles. The smallest absolute Gasteiger partial charge is 0.273 e. The van der Waals surface area contributed by atoms with E-state index in [4.69, 9.17) is 0 Å². The summed E-state index contributed by atoms with van der Waals surface area (Å²) in [5.74, 6) is 0. The maximum Gasteiger partial charge on any atom is 2.00 e. The summed E-state index contributed by atoms with van der Waals surface area (Å²) in [5.41, 5.74) is 2.49. The van der Waals surface area contributed by atoms with Crippen LogP contribution in [0.15, 0.2) is 60.7 Å². The number of halogens is 2. The van der Waals surface area contributed by atoms with E-state index in [-0.39, 0.29) is 51.0 Å². The van der Waals surface area contributed by atoms with E-state index in [0.717, 1.165) is 22.4 Å². The summed E-state index contributed by atoms with van der Waals surface area (Å²) in [7, 11) is 0.750. The van der Waals surface area contributed by atoms with Crippen molar-refractivity contribution in [2.45, 2.75) is 25.9 Å². The zero-order chi connectivity index (χ0) is 13.8. The first-order valence-electron chi connectivity index (χ1n) is 6.67. The summed E-state index contributed by atoms with van der Waals surface area (Å²) < 4.78 is 0. The molecule has 0 saturated heterocycles. The van der Waals surface area contributed by atoms with Crippen LogP contribution >= 0.6 is 24.8 Å². The summed E-state index contributed by atoms with van der Waals surface area (Å²) in [6.45, 7) is 4.42. The number of allylic oxidation sites excluding steroid dienone is 8. The van der Waals surface area contributed by atoms with Gasteiger partial charge in [0.05, 0.1) is 0 Å². The van der Waals surface area contributed by atoms with E-state index in [1.54, 1.807) is 0 Å². The monoisotopic (exact) mass is 427 g/mol.